The SMILES string of the molecule is CCN(CC1NCCCC1C)c1ccccc1F. The van der Waals surface area contributed by atoms with Crippen LogP contribution in [0.3, 0.4) is 0 Å². The summed E-state index contributed by atoms with van der Waals surface area (Å²) in [5.41, 5.74) is 0.722. The normalized spacial score (nSPS) is 23.9. The van der Waals surface area contributed by atoms with Crippen LogP contribution in [0.2, 0.25) is 0 Å². The second-order valence-corrected chi connectivity index (χ2v) is 5.17. The van der Waals surface area contributed by atoms with Crippen molar-refractivity contribution in [2.75, 3.05) is 24.5 Å². The average Bonchev–Trinajstić information content (AvgIpc) is 2.39. The number of piperidine rings is 1. The predicted octanol–water partition coefficient (Wildman–Crippen LogP) is 3.04. The van der Waals surface area contributed by atoms with Crippen molar-refractivity contribution in [2.45, 2.75) is 32.7 Å². The van der Waals surface area contributed by atoms with Gasteiger partial charge in [-0.1, -0.05) is 19.1 Å². The van der Waals surface area contributed by atoms with Gasteiger partial charge in [-0.05, 0) is 44.4 Å². The highest BCUT2D eigenvalue weighted by atomic mass is 19.1. The predicted molar refractivity (Wildman–Crippen MR) is 74.5 cm³/mol. The Morgan fingerprint density at radius 3 is 2.83 bits per heavy atom. The minimum atomic E-state index is -0.122. The summed E-state index contributed by atoms with van der Waals surface area (Å²) in [5.74, 6) is 0.544. The van der Waals surface area contributed by atoms with Gasteiger partial charge in [0.15, 0.2) is 0 Å². The molecule has 0 bridgehead atoms. The number of benzene rings is 1. The first-order valence-electron chi connectivity index (χ1n) is 6.95. The van der Waals surface area contributed by atoms with Crippen LogP contribution in [-0.2, 0) is 0 Å². The molecule has 0 saturated carbocycles. The molecule has 1 saturated heterocycles. The highest BCUT2D eigenvalue weighted by molar-refractivity contribution is 5.47. The van der Waals surface area contributed by atoms with Crippen LogP contribution >= 0.6 is 0 Å². The lowest BCUT2D eigenvalue weighted by molar-refractivity contribution is 0.301. The third kappa shape index (κ3) is 3.02. The van der Waals surface area contributed by atoms with Gasteiger partial charge in [-0.2, -0.15) is 0 Å². The molecule has 1 aliphatic rings. The lowest BCUT2D eigenvalue weighted by Crippen LogP contribution is -2.48. The maximum atomic E-state index is 13.8. The molecule has 1 fully saturated rings. The van der Waals surface area contributed by atoms with E-state index in [4.69, 9.17) is 0 Å². The van der Waals surface area contributed by atoms with Crippen LogP contribution in [0.1, 0.15) is 26.7 Å². The molecule has 18 heavy (non-hydrogen) atoms. The highest BCUT2D eigenvalue weighted by Crippen LogP contribution is 2.22. The van der Waals surface area contributed by atoms with Crippen LogP contribution in [0, 0.1) is 11.7 Å². The summed E-state index contributed by atoms with van der Waals surface area (Å²) >= 11 is 0. The molecule has 0 spiro atoms. The smallest absolute Gasteiger partial charge is 0.146 e. The minimum Gasteiger partial charge on any atom is -0.368 e. The summed E-state index contributed by atoms with van der Waals surface area (Å²) in [4.78, 5) is 2.13. The number of likely N-dealkylation sites (N-methyl/N-ethyl adjacent to an activating group) is 1. The second-order valence-electron chi connectivity index (χ2n) is 5.17. The van der Waals surface area contributed by atoms with Crippen molar-refractivity contribution in [3.8, 4) is 0 Å². The first-order valence-corrected chi connectivity index (χ1v) is 6.95. The zero-order valence-corrected chi connectivity index (χ0v) is 11.3. The Kier molecular flexibility index (Phi) is 4.59. The third-order valence-electron chi connectivity index (χ3n) is 3.92. The molecule has 2 nitrogen and oxygen atoms in total. The van der Waals surface area contributed by atoms with Gasteiger partial charge in [0.05, 0.1) is 5.69 Å². The number of anilines is 1. The van der Waals surface area contributed by atoms with E-state index in [2.05, 4.69) is 24.1 Å². The van der Waals surface area contributed by atoms with Crippen molar-refractivity contribution in [1.82, 2.24) is 5.32 Å². The number of hydrogen-bond acceptors (Lipinski definition) is 2. The van der Waals surface area contributed by atoms with E-state index in [0.717, 1.165) is 25.3 Å². The van der Waals surface area contributed by atoms with E-state index < -0.39 is 0 Å². The van der Waals surface area contributed by atoms with Crippen LogP contribution in [0.5, 0.6) is 0 Å². The Bertz CT molecular complexity index is 381. The van der Waals surface area contributed by atoms with Crippen molar-refractivity contribution in [3.63, 3.8) is 0 Å². The van der Waals surface area contributed by atoms with Gasteiger partial charge in [0, 0.05) is 19.1 Å². The lowest BCUT2D eigenvalue weighted by Gasteiger charge is -2.35. The Hall–Kier alpha value is -1.09. The molecule has 2 rings (SSSR count). The summed E-state index contributed by atoms with van der Waals surface area (Å²) in [6.07, 6.45) is 2.52. The van der Waals surface area contributed by atoms with Crippen LogP contribution in [0.15, 0.2) is 24.3 Å². The van der Waals surface area contributed by atoms with E-state index in [1.807, 2.05) is 12.1 Å². The fourth-order valence-corrected chi connectivity index (χ4v) is 2.70. The van der Waals surface area contributed by atoms with Gasteiger partial charge in [-0.3, -0.25) is 0 Å². The quantitative estimate of drug-likeness (QED) is 0.883. The molecular weight excluding hydrogens is 227 g/mol. The second kappa shape index (κ2) is 6.19. The molecule has 100 valence electrons. The van der Waals surface area contributed by atoms with Gasteiger partial charge in [-0.25, -0.2) is 4.39 Å². The van der Waals surface area contributed by atoms with Crippen molar-refractivity contribution in [2.24, 2.45) is 5.92 Å². The van der Waals surface area contributed by atoms with Gasteiger partial charge in [0.2, 0.25) is 0 Å². The van der Waals surface area contributed by atoms with E-state index in [1.54, 1.807) is 6.07 Å². The van der Waals surface area contributed by atoms with Crippen molar-refractivity contribution in [3.05, 3.63) is 30.1 Å². The molecule has 2 unspecified atom stereocenters. The largest absolute Gasteiger partial charge is 0.368 e. The van der Waals surface area contributed by atoms with Crippen LogP contribution in [0.25, 0.3) is 0 Å². The Morgan fingerprint density at radius 2 is 2.17 bits per heavy atom. The molecule has 1 aromatic rings. The van der Waals surface area contributed by atoms with Crippen molar-refractivity contribution < 1.29 is 4.39 Å². The standard InChI is InChI=1S/C15H23FN2/c1-3-18(15-9-5-4-8-13(15)16)11-14-12(2)7-6-10-17-14/h4-5,8-9,12,14,17H,3,6-7,10-11H2,1-2H3. The Balaban J connectivity index is 2.07. The van der Waals surface area contributed by atoms with Gasteiger partial charge in [-0.15, -0.1) is 0 Å². The van der Waals surface area contributed by atoms with E-state index in [1.165, 1.54) is 18.9 Å². The molecule has 1 aromatic carbocycles. The molecule has 3 heteroatoms. The minimum absolute atomic E-state index is 0.122. The summed E-state index contributed by atoms with van der Waals surface area (Å²) in [6, 6.07) is 7.52. The Morgan fingerprint density at radius 1 is 1.39 bits per heavy atom. The summed E-state index contributed by atoms with van der Waals surface area (Å²) < 4.78 is 13.8. The molecule has 0 aromatic heterocycles. The first kappa shape index (κ1) is 13.3. The summed E-state index contributed by atoms with van der Waals surface area (Å²) in [7, 11) is 0. The molecule has 1 heterocycles. The number of halogens is 1. The molecule has 0 radical (unpaired) electrons. The van der Waals surface area contributed by atoms with Gasteiger partial charge in [0.1, 0.15) is 5.82 Å². The highest BCUT2D eigenvalue weighted by Gasteiger charge is 2.23. The van der Waals surface area contributed by atoms with E-state index in [0.29, 0.717) is 12.0 Å². The fraction of sp³-hybridized carbons (Fsp3) is 0.600. The van der Waals surface area contributed by atoms with Crippen molar-refractivity contribution >= 4 is 5.69 Å². The number of para-hydroxylation sites is 1. The maximum Gasteiger partial charge on any atom is 0.146 e. The molecule has 0 amide bonds. The van der Waals surface area contributed by atoms with Crippen LogP contribution < -0.4 is 10.2 Å². The molecule has 2 atom stereocenters. The first-order chi connectivity index (χ1) is 8.72. The monoisotopic (exact) mass is 250 g/mol. The number of hydrogen-bond donors (Lipinski definition) is 1. The van der Waals surface area contributed by atoms with Gasteiger partial charge >= 0.3 is 0 Å². The fourth-order valence-electron chi connectivity index (χ4n) is 2.70. The average molecular weight is 250 g/mol. The zero-order valence-electron chi connectivity index (χ0n) is 11.3. The van der Waals surface area contributed by atoms with Crippen LogP contribution in [-0.4, -0.2) is 25.7 Å². The maximum absolute atomic E-state index is 13.8. The van der Waals surface area contributed by atoms with E-state index in [9.17, 15) is 4.39 Å². The third-order valence-corrected chi connectivity index (χ3v) is 3.92. The van der Waals surface area contributed by atoms with Gasteiger partial charge in [0.25, 0.3) is 0 Å². The summed E-state index contributed by atoms with van der Waals surface area (Å²) in [5, 5.41) is 3.56. The molecule has 1 aliphatic heterocycles. The van der Waals surface area contributed by atoms with E-state index in [-0.39, 0.29) is 5.82 Å². The number of nitrogens with one attached hydrogen (secondary N) is 1. The topological polar surface area (TPSA) is 15.3 Å². The molecular formula is C15H23FN2. The zero-order chi connectivity index (χ0) is 13.0. The number of rotatable bonds is 4. The van der Waals surface area contributed by atoms with Crippen LogP contribution in [0.4, 0.5) is 10.1 Å². The molecule has 1 N–H and O–H groups in total. The van der Waals surface area contributed by atoms with Gasteiger partial charge < -0.3 is 10.2 Å². The number of nitrogens with zero attached hydrogens (tertiary/aromatic N) is 1. The van der Waals surface area contributed by atoms with Crippen molar-refractivity contribution in [1.29, 1.82) is 0 Å². The summed E-state index contributed by atoms with van der Waals surface area (Å²) in [6.45, 7) is 7.18. The van der Waals surface area contributed by atoms with E-state index >= 15 is 0 Å². The molecule has 0 aliphatic carbocycles. The Labute approximate surface area is 109 Å². The lowest BCUT2D eigenvalue weighted by atomic mass is 9.92.